The van der Waals surface area contributed by atoms with Crippen molar-refractivity contribution in [3.05, 3.63) is 77.4 Å². The first-order chi connectivity index (χ1) is 10.8. The molecule has 2 aromatic carbocycles. The first-order valence-electron chi connectivity index (χ1n) is 7.41. The molecule has 2 aromatic rings. The molecule has 0 aromatic heterocycles. The third-order valence-corrected chi connectivity index (χ3v) is 4.10. The zero-order valence-electron chi connectivity index (χ0n) is 12.9. The fourth-order valence-corrected chi connectivity index (χ4v) is 2.87. The van der Waals surface area contributed by atoms with E-state index < -0.39 is 17.3 Å². The molecule has 0 fully saturated rings. The Morgan fingerprint density at radius 2 is 1.52 bits per heavy atom. The van der Waals surface area contributed by atoms with Crippen LogP contribution in [-0.2, 0) is 10.9 Å². The van der Waals surface area contributed by atoms with E-state index in [1.54, 1.807) is 0 Å². The van der Waals surface area contributed by atoms with E-state index in [-0.39, 0.29) is 5.92 Å². The molecule has 1 nitrogen and oxygen atoms in total. The van der Waals surface area contributed by atoms with E-state index in [1.165, 1.54) is 12.1 Å². The van der Waals surface area contributed by atoms with Crippen LogP contribution in [0.15, 0.2) is 60.7 Å². The molecule has 1 heterocycles. The van der Waals surface area contributed by atoms with Crippen molar-refractivity contribution in [1.29, 1.82) is 0 Å². The van der Waals surface area contributed by atoms with E-state index >= 15 is 0 Å². The van der Waals surface area contributed by atoms with Crippen molar-refractivity contribution in [2.45, 2.75) is 31.5 Å². The number of alkyl halides is 3. The van der Waals surface area contributed by atoms with Crippen LogP contribution in [0, 0.1) is 0 Å². The van der Waals surface area contributed by atoms with Gasteiger partial charge in [-0.1, -0.05) is 42.5 Å². The SMILES string of the molecule is CC1(C)OC(c2ccccc2)=CC1c1ccc(C(F)(F)F)cc1. The molecular formula is C19H17F3O. The van der Waals surface area contributed by atoms with Gasteiger partial charge < -0.3 is 4.74 Å². The van der Waals surface area contributed by atoms with Gasteiger partial charge in [0.15, 0.2) is 0 Å². The Labute approximate surface area is 133 Å². The third-order valence-electron chi connectivity index (χ3n) is 4.10. The van der Waals surface area contributed by atoms with Crippen LogP contribution in [0.1, 0.15) is 36.5 Å². The smallest absolute Gasteiger partial charge is 0.416 e. The standard InChI is InChI=1S/C19H17F3O/c1-18(2)16(12-17(23-18)14-6-4-3-5-7-14)13-8-10-15(11-9-13)19(20,21)22/h3-12,16H,1-2H3. The van der Waals surface area contributed by atoms with Gasteiger partial charge in [0.05, 0.1) is 5.56 Å². The van der Waals surface area contributed by atoms with Gasteiger partial charge in [0.25, 0.3) is 0 Å². The maximum Gasteiger partial charge on any atom is 0.416 e. The molecule has 0 saturated carbocycles. The van der Waals surface area contributed by atoms with Crippen LogP contribution in [-0.4, -0.2) is 5.60 Å². The van der Waals surface area contributed by atoms with Crippen LogP contribution < -0.4 is 0 Å². The van der Waals surface area contributed by atoms with Gasteiger partial charge in [-0.05, 0) is 37.6 Å². The maximum atomic E-state index is 12.7. The summed E-state index contributed by atoms with van der Waals surface area (Å²) in [7, 11) is 0. The predicted molar refractivity (Wildman–Crippen MR) is 83.8 cm³/mol. The minimum absolute atomic E-state index is 0.0972. The zero-order valence-corrected chi connectivity index (χ0v) is 12.9. The molecule has 1 unspecified atom stereocenters. The first-order valence-corrected chi connectivity index (χ1v) is 7.41. The minimum Gasteiger partial charge on any atom is -0.487 e. The predicted octanol–water partition coefficient (Wildman–Crippen LogP) is 5.64. The second kappa shape index (κ2) is 5.44. The first kappa shape index (κ1) is 15.7. The molecule has 0 bridgehead atoms. The summed E-state index contributed by atoms with van der Waals surface area (Å²) in [5, 5.41) is 0. The molecule has 0 N–H and O–H groups in total. The number of rotatable bonds is 2. The van der Waals surface area contributed by atoms with E-state index in [0.717, 1.165) is 29.0 Å². The summed E-state index contributed by atoms with van der Waals surface area (Å²) in [5.41, 5.74) is 0.638. The van der Waals surface area contributed by atoms with Gasteiger partial charge in [-0.15, -0.1) is 0 Å². The van der Waals surface area contributed by atoms with Gasteiger partial charge in [0, 0.05) is 11.5 Å². The summed E-state index contributed by atoms with van der Waals surface area (Å²) >= 11 is 0. The Morgan fingerprint density at radius 3 is 2.09 bits per heavy atom. The van der Waals surface area contributed by atoms with Crippen LogP contribution in [0.25, 0.3) is 5.76 Å². The van der Waals surface area contributed by atoms with Gasteiger partial charge >= 0.3 is 6.18 Å². The largest absolute Gasteiger partial charge is 0.487 e. The summed E-state index contributed by atoms with van der Waals surface area (Å²) < 4.78 is 44.1. The van der Waals surface area contributed by atoms with Gasteiger partial charge in [-0.3, -0.25) is 0 Å². The number of ether oxygens (including phenoxy) is 1. The van der Waals surface area contributed by atoms with Crippen molar-refractivity contribution >= 4 is 5.76 Å². The third kappa shape index (κ3) is 3.11. The average Bonchev–Trinajstić information content (AvgIpc) is 2.83. The highest BCUT2D eigenvalue weighted by Gasteiger charge is 2.38. The Kier molecular flexibility index (Phi) is 3.71. The summed E-state index contributed by atoms with van der Waals surface area (Å²) in [4.78, 5) is 0. The van der Waals surface area contributed by atoms with Crippen LogP contribution in [0.5, 0.6) is 0 Å². The Morgan fingerprint density at radius 1 is 0.913 bits per heavy atom. The number of hydrogen-bond acceptors (Lipinski definition) is 1. The average molecular weight is 318 g/mol. The fourth-order valence-electron chi connectivity index (χ4n) is 2.87. The molecule has 4 heteroatoms. The molecule has 1 atom stereocenters. The molecule has 1 aliphatic heterocycles. The van der Waals surface area contributed by atoms with E-state index in [2.05, 4.69) is 0 Å². The van der Waals surface area contributed by atoms with Crippen LogP contribution >= 0.6 is 0 Å². The Balaban J connectivity index is 1.93. The second-order valence-corrected chi connectivity index (χ2v) is 6.20. The van der Waals surface area contributed by atoms with E-state index in [9.17, 15) is 13.2 Å². The molecule has 120 valence electrons. The van der Waals surface area contributed by atoms with Crippen molar-refractivity contribution in [1.82, 2.24) is 0 Å². The molecule has 0 spiro atoms. The van der Waals surface area contributed by atoms with Crippen LogP contribution in [0.4, 0.5) is 13.2 Å². The normalized spacial score (nSPS) is 20.0. The lowest BCUT2D eigenvalue weighted by Gasteiger charge is -2.27. The molecule has 0 aliphatic carbocycles. The molecular weight excluding hydrogens is 301 g/mol. The number of hydrogen-bond donors (Lipinski definition) is 0. The quantitative estimate of drug-likeness (QED) is 0.696. The Bertz CT molecular complexity index is 713. The van der Waals surface area contributed by atoms with Crippen molar-refractivity contribution in [3.8, 4) is 0 Å². The van der Waals surface area contributed by atoms with Crippen LogP contribution in [0.3, 0.4) is 0 Å². The van der Waals surface area contributed by atoms with Crippen molar-refractivity contribution in [2.75, 3.05) is 0 Å². The number of halogens is 3. The lowest BCUT2D eigenvalue weighted by molar-refractivity contribution is -0.137. The zero-order chi connectivity index (χ0) is 16.7. The van der Waals surface area contributed by atoms with Gasteiger partial charge in [0.2, 0.25) is 0 Å². The van der Waals surface area contributed by atoms with Gasteiger partial charge in [-0.25, -0.2) is 0 Å². The van der Waals surface area contributed by atoms with Crippen molar-refractivity contribution in [3.63, 3.8) is 0 Å². The highest BCUT2D eigenvalue weighted by molar-refractivity contribution is 5.64. The van der Waals surface area contributed by atoms with Crippen molar-refractivity contribution < 1.29 is 17.9 Å². The van der Waals surface area contributed by atoms with E-state index in [1.807, 2.05) is 50.3 Å². The minimum atomic E-state index is -4.31. The lowest BCUT2D eigenvalue weighted by atomic mass is 9.85. The van der Waals surface area contributed by atoms with Crippen LogP contribution in [0.2, 0.25) is 0 Å². The molecule has 3 rings (SSSR count). The molecule has 0 saturated heterocycles. The lowest BCUT2D eigenvalue weighted by Crippen LogP contribution is -2.26. The van der Waals surface area contributed by atoms with Gasteiger partial charge in [-0.2, -0.15) is 13.2 Å². The van der Waals surface area contributed by atoms with Gasteiger partial charge in [0.1, 0.15) is 11.4 Å². The monoisotopic (exact) mass is 318 g/mol. The molecule has 23 heavy (non-hydrogen) atoms. The van der Waals surface area contributed by atoms with Crippen molar-refractivity contribution in [2.24, 2.45) is 0 Å². The summed E-state index contributed by atoms with van der Waals surface area (Å²) in [6.07, 6.45) is -2.33. The van der Waals surface area contributed by atoms with E-state index in [4.69, 9.17) is 4.74 Å². The maximum absolute atomic E-state index is 12.7. The molecule has 0 amide bonds. The summed E-state index contributed by atoms with van der Waals surface area (Å²) in [6, 6.07) is 15.0. The second-order valence-electron chi connectivity index (χ2n) is 6.20. The Hall–Kier alpha value is -2.23. The highest BCUT2D eigenvalue weighted by atomic mass is 19.4. The molecule has 0 radical (unpaired) electrons. The fraction of sp³-hybridized carbons (Fsp3) is 0.263. The van der Waals surface area contributed by atoms with E-state index in [0.29, 0.717) is 0 Å². The summed E-state index contributed by atoms with van der Waals surface area (Å²) in [5.74, 6) is 0.667. The summed E-state index contributed by atoms with van der Waals surface area (Å²) in [6.45, 7) is 3.89. The molecule has 1 aliphatic rings. The number of benzene rings is 2. The topological polar surface area (TPSA) is 9.23 Å². The highest BCUT2D eigenvalue weighted by Crippen LogP contribution is 2.44.